The number of carbonyl (C=O) groups is 2. The van der Waals surface area contributed by atoms with Crippen LogP contribution in [0.25, 0.3) is 10.9 Å². The second kappa shape index (κ2) is 14.2. The maximum absolute atomic E-state index is 14.4. The molecule has 43 heavy (non-hydrogen) atoms. The van der Waals surface area contributed by atoms with Crippen LogP contribution in [-0.4, -0.2) is 72.1 Å². The maximum Gasteiger partial charge on any atom is 0.247 e. The molecule has 1 aliphatic rings. The SMILES string of the molecule is CN[C@@H](C)CN[C@H](C(=O)N1CCC[C@H]1C(=O)Nc1cc2c(Nc3cccc(F)c3F)ncnc2cc1OC)C(C)(C)C.Cl. The molecule has 0 aliphatic carbocycles. The summed E-state index contributed by atoms with van der Waals surface area (Å²) in [5, 5.41) is 12.8. The van der Waals surface area contributed by atoms with Crippen LogP contribution in [0, 0.1) is 17.0 Å². The van der Waals surface area contributed by atoms with Crippen LogP contribution in [0.5, 0.6) is 5.75 Å². The summed E-state index contributed by atoms with van der Waals surface area (Å²) in [5.41, 5.74) is 0.329. The molecule has 1 aromatic heterocycles. The lowest BCUT2D eigenvalue weighted by atomic mass is 9.85. The maximum atomic E-state index is 14.4. The van der Waals surface area contributed by atoms with Crippen molar-refractivity contribution in [2.45, 2.75) is 58.7 Å². The van der Waals surface area contributed by atoms with E-state index in [4.69, 9.17) is 4.74 Å². The van der Waals surface area contributed by atoms with Crippen LogP contribution >= 0.6 is 12.4 Å². The van der Waals surface area contributed by atoms with Crippen molar-refractivity contribution in [2.75, 3.05) is 37.9 Å². The number of methoxy groups -OCH3 is 1. The first kappa shape index (κ1) is 33.9. The van der Waals surface area contributed by atoms with Crippen molar-refractivity contribution in [3.05, 3.63) is 48.3 Å². The van der Waals surface area contributed by atoms with E-state index in [1.807, 2.05) is 34.7 Å². The van der Waals surface area contributed by atoms with Gasteiger partial charge < -0.3 is 30.9 Å². The molecule has 0 radical (unpaired) electrons. The zero-order valence-electron chi connectivity index (χ0n) is 25.3. The first-order chi connectivity index (χ1) is 19.9. The fraction of sp³-hybridized carbons (Fsp3) is 0.467. The second-order valence-corrected chi connectivity index (χ2v) is 11.6. The molecule has 13 heteroatoms. The highest BCUT2D eigenvalue weighted by atomic mass is 35.5. The summed E-state index contributed by atoms with van der Waals surface area (Å²) >= 11 is 0. The van der Waals surface area contributed by atoms with Crippen LogP contribution in [0.1, 0.15) is 40.5 Å². The largest absolute Gasteiger partial charge is 0.494 e. The summed E-state index contributed by atoms with van der Waals surface area (Å²) in [6.45, 7) is 9.11. The highest BCUT2D eigenvalue weighted by Crippen LogP contribution is 2.34. The van der Waals surface area contributed by atoms with Gasteiger partial charge in [-0.25, -0.2) is 18.7 Å². The van der Waals surface area contributed by atoms with Gasteiger partial charge in [-0.1, -0.05) is 26.8 Å². The third kappa shape index (κ3) is 7.67. The Labute approximate surface area is 256 Å². The summed E-state index contributed by atoms with van der Waals surface area (Å²) in [6.07, 6.45) is 2.51. The topological polar surface area (TPSA) is 121 Å². The minimum atomic E-state index is -1.04. The van der Waals surface area contributed by atoms with Crippen molar-refractivity contribution < 1.29 is 23.1 Å². The lowest BCUT2D eigenvalue weighted by Gasteiger charge is -2.36. The first-order valence-electron chi connectivity index (χ1n) is 14.0. The Hall–Kier alpha value is -3.61. The molecular weight excluding hydrogens is 580 g/mol. The van der Waals surface area contributed by atoms with Crippen molar-refractivity contribution in [3.8, 4) is 5.75 Å². The Bertz CT molecular complexity index is 1450. The number of aromatic nitrogens is 2. The molecule has 4 N–H and O–H groups in total. The third-order valence-corrected chi connectivity index (χ3v) is 7.49. The van der Waals surface area contributed by atoms with Gasteiger partial charge in [0.25, 0.3) is 0 Å². The van der Waals surface area contributed by atoms with Crippen molar-refractivity contribution in [2.24, 2.45) is 5.41 Å². The number of likely N-dealkylation sites (N-methyl/N-ethyl adjacent to an activating group) is 1. The Kier molecular flexibility index (Phi) is 11.2. The van der Waals surface area contributed by atoms with E-state index in [0.29, 0.717) is 48.3 Å². The van der Waals surface area contributed by atoms with Crippen LogP contribution in [-0.2, 0) is 9.59 Å². The predicted octanol–water partition coefficient (Wildman–Crippen LogP) is 4.62. The zero-order valence-corrected chi connectivity index (χ0v) is 26.1. The Morgan fingerprint density at radius 2 is 1.91 bits per heavy atom. The van der Waals surface area contributed by atoms with Gasteiger partial charge in [-0.2, -0.15) is 0 Å². The van der Waals surface area contributed by atoms with Crippen molar-refractivity contribution in [3.63, 3.8) is 0 Å². The van der Waals surface area contributed by atoms with Crippen LogP contribution < -0.4 is 26.0 Å². The van der Waals surface area contributed by atoms with Gasteiger partial charge in [-0.3, -0.25) is 9.59 Å². The van der Waals surface area contributed by atoms with E-state index >= 15 is 0 Å². The van der Waals surface area contributed by atoms with E-state index in [2.05, 4.69) is 31.2 Å². The summed E-state index contributed by atoms with van der Waals surface area (Å²) in [7, 11) is 3.34. The van der Waals surface area contributed by atoms with Gasteiger partial charge in [0.05, 0.1) is 30.0 Å². The number of nitrogens with one attached hydrogen (secondary N) is 4. The molecule has 1 saturated heterocycles. The Balaban J connectivity index is 0.00000506. The number of amides is 2. The predicted molar refractivity (Wildman–Crippen MR) is 166 cm³/mol. The van der Waals surface area contributed by atoms with E-state index in [1.54, 1.807) is 17.0 Å². The van der Waals surface area contributed by atoms with Crippen LogP contribution in [0.3, 0.4) is 0 Å². The van der Waals surface area contributed by atoms with Crippen molar-refractivity contribution >= 4 is 52.3 Å². The molecule has 3 aromatic rings. The van der Waals surface area contributed by atoms with Gasteiger partial charge in [0.2, 0.25) is 11.8 Å². The number of anilines is 3. The van der Waals surface area contributed by atoms with Crippen molar-refractivity contribution in [1.82, 2.24) is 25.5 Å². The Morgan fingerprint density at radius 3 is 2.58 bits per heavy atom. The highest BCUT2D eigenvalue weighted by molar-refractivity contribution is 6.02. The molecule has 10 nitrogen and oxygen atoms in total. The number of likely N-dealkylation sites (tertiary alicyclic amines) is 1. The lowest BCUT2D eigenvalue weighted by molar-refractivity contribution is -0.140. The molecule has 234 valence electrons. The normalized spacial score (nSPS) is 16.4. The fourth-order valence-corrected chi connectivity index (χ4v) is 5.02. The minimum absolute atomic E-state index is 0. The average molecular weight is 620 g/mol. The van der Waals surface area contributed by atoms with Crippen LogP contribution in [0.2, 0.25) is 0 Å². The van der Waals surface area contributed by atoms with E-state index in [1.165, 1.54) is 25.6 Å². The summed E-state index contributed by atoms with van der Waals surface area (Å²) < 4.78 is 33.7. The number of benzene rings is 2. The van der Waals surface area contributed by atoms with E-state index in [0.717, 1.165) is 6.07 Å². The number of carbonyl (C=O) groups excluding carboxylic acids is 2. The van der Waals surface area contributed by atoms with Crippen LogP contribution in [0.15, 0.2) is 36.7 Å². The van der Waals surface area contributed by atoms with Crippen LogP contribution in [0.4, 0.5) is 26.0 Å². The molecule has 2 aromatic carbocycles. The highest BCUT2D eigenvalue weighted by Gasteiger charge is 2.41. The molecule has 3 atom stereocenters. The van der Waals surface area contributed by atoms with Gasteiger partial charge in [-0.15, -0.1) is 12.4 Å². The first-order valence-corrected chi connectivity index (χ1v) is 14.0. The minimum Gasteiger partial charge on any atom is -0.494 e. The van der Waals surface area contributed by atoms with Gasteiger partial charge in [-0.05, 0) is 50.4 Å². The van der Waals surface area contributed by atoms with E-state index in [-0.39, 0.29) is 47.2 Å². The summed E-state index contributed by atoms with van der Waals surface area (Å²) in [4.78, 5) is 37.6. The molecule has 0 unspecified atom stereocenters. The standard InChI is InChI=1S/C30H39F2N7O3.ClH/c1-17(33-5)15-34-26(30(2,3)4)29(41)39-12-8-11-23(39)28(40)38-22-13-18-21(14-24(22)42-6)35-16-36-27(18)37-20-10-7-9-19(31)25(20)32;/h7,9-10,13-14,16-17,23,26,33-34H,8,11-12,15H2,1-6H3,(H,38,40)(H,35,36,37);1H/t17-,23-,26+;/m0./s1. The lowest BCUT2D eigenvalue weighted by Crippen LogP contribution is -2.57. The number of hydrogen-bond donors (Lipinski definition) is 4. The summed E-state index contributed by atoms with van der Waals surface area (Å²) in [6, 6.07) is 6.06. The number of halogens is 3. The molecule has 0 bridgehead atoms. The number of fused-ring (bicyclic) bond motifs is 1. The molecule has 2 heterocycles. The van der Waals surface area contributed by atoms with Gasteiger partial charge in [0.15, 0.2) is 11.6 Å². The monoisotopic (exact) mass is 619 g/mol. The van der Waals surface area contributed by atoms with Gasteiger partial charge in [0, 0.05) is 30.6 Å². The smallest absolute Gasteiger partial charge is 0.247 e. The molecule has 1 fully saturated rings. The average Bonchev–Trinajstić information content (AvgIpc) is 3.45. The van der Waals surface area contributed by atoms with Crippen molar-refractivity contribution in [1.29, 1.82) is 0 Å². The van der Waals surface area contributed by atoms with Gasteiger partial charge >= 0.3 is 0 Å². The quantitative estimate of drug-likeness (QED) is 0.259. The number of nitrogens with zero attached hydrogens (tertiary/aromatic N) is 3. The molecule has 0 saturated carbocycles. The van der Waals surface area contributed by atoms with Gasteiger partial charge in [0.1, 0.15) is 23.9 Å². The molecule has 0 spiro atoms. The third-order valence-electron chi connectivity index (χ3n) is 7.49. The summed E-state index contributed by atoms with van der Waals surface area (Å²) in [5.74, 6) is -1.94. The second-order valence-electron chi connectivity index (χ2n) is 11.6. The number of hydrogen-bond acceptors (Lipinski definition) is 8. The van der Waals surface area contributed by atoms with E-state index < -0.39 is 23.7 Å². The number of ether oxygens (including phenoxy) is 1. The molecule has 1 aliphatic heterocycles. The fourth-order valence-electron chi connectivity index (χ4n) is 5.02. The van der Waals surface area contributed by atoms with E-state index in [9.17, 15) is 18.4 Å². The zero-order chi connectivity index (χ0) is 30.6. The Morgan fingerprint density at radius 1 is 1.16 bits per heavy atom. The number of rotatable bonds is 10. The molecular formula is C30H40ClF2N7O3. The molecule has 4 rings (SSSR count). The molecule has 2 amide bonds.